The number of rotatable bonds is 6. The smallest absolute Gasteiger partial charge is 0.253 e. The van der Waals surface area contributed by atoms with E-state index in [0.29, 0.717) is 11.8 Å². The van der Waals surface area contributed by atoms with Gasteiger partial charge in [-0.15, -0.1) is 0 Å². The van der Waals surface area contributed by atoms with Gasteiger partial charge in [-0.3, -0.25) is 14.4 Å². The van der Waals surface area contributed by atoms with Gasteiger partial charge in [-0.2, -0.15) is 0 Å². The molecular weight excluding hydrogens is 304 g/mol. The maximum atomic E-state index is 12.2. The predicted molar refractivity (Wildman–Crippen MR) is 96.8 cm³/mol. The van der Waals surface area contributed by atoms with Gasteiger partial charge in [0.2, 0.25) is 5.91 Å². The summed E-state index contributed by atoms with van der Waals surface area (Å²) in [4.78, 5) is 29.0. The fraction of sp³-hybridized carbons (Fsp3) is 0.579. The molecule has 1 aromatic carbocycles. The molecule has 0 radical (unpaired) electrons. The molecule has 0 fully saturated rings. The Bertz CT molecular complexity index is 561. The standard InChI is InChI=1S/C19H30N2O3/c1-12(2)14-9-8-10-15(13(3)4)17(14)20-16(22)11-24-21-18(23)19(5,6)7/h8-10,12-13H,11H2,1-7H3,(H,20,22)(H,21,23). The molecule has 0 unspecified atom stereocenters. The molecule has 0 heterocycles. The van der Waals surface area contributed by atoms with Gasteiger partial charge in [-0.1, -0.05) is 66.7 Å². The quantitative estimate of drug-likeness (QED) is 0.774. The van der Waals surface area contributed by atoms with Crippen LogP contribution < -0.4 is 10.8 Å². The van der Waals surface area contributed by atoms with Crippen molar-refractivity contribution in [3.8, 4) is 0 Å². The third-order valence-electron chi connectivity index (χ3n) is 3.69. The number of hydrogen-bond donors (Lipinski definition) is 2. The minimum atomic E-state index is -0.564. The first-order valence-corrected chi connectivity index (χ1v) is 8.39. The zero-order valence-electron chi connectivity index (χ0n) is 15.8. The summed E-state index contributed by atoms with van der Waals surface area (Å²) in [6.45, 7) is 13.5. The number of anilines is 1. The van der Waals surface area contributed by atoms with E-state index in [1.807, 2.05) is 18.2 Å². The number of nitrogens with one attached hydrogen (secondary N) is 2. The first-order valence-electron chi connectivity index (χ1n) is 8.39. The summed E-state index contributed by atoms with van der Waals surface area (Å²) in [7, 11) is 0. The molecule has 24 heavy (non-hydrogen) atoms. The third-order valence-corrected chi connectivity index (χ3v) is 3.69. The topological polar surface area (TPSA) is 67.4 Å². The highest BCUT2D eigenvalue weighted by Crippen LogP contribution is 2.32. The number of para-hydroxylation sites is 1. The van der Waals surface area contributed by atoms with Gasteiger partial charge >= 0.3 is 0 Å². The number of amides is 2. The molecule has 0 aliphatic rings. The van der Waals surface area contributed by atoms with Crippen molar-refractivity contribution in [1.82, 2.24) is 5.48 Å². The van der Waals surface area contributed by atoms with Gasteiger partial charge in [0.15, 0.2) is 6.61 Å². The first-order chi connectivity index (χ1) is 11.0. The Morgan fingerprint density at radius 2 is 1.54 bits per heavy atom. The van der Waals surface area contributed by atoms with Crippen molar-refractivity contribution >= 4 is 17.5 Å². The van der Waals surface area contributed by atoms with Crippen molar-refractivity contribution in [2.45, 2.75) is 60.3 Å². The monoisotopic (exact) mass is 334 g/mol. The van der Waals surface area contributed by atoms with Gasteiger partial charge in [0.05, 0.1) is 0 Å². The summed E-state index contributed by atoms with van der Waals surface area (Å²) in [6.07, 6.45) is 0. The molecule has 0 aromatic heterocycles. The van der Waals surface area contributed by atoms with E-state index < -0.39 is 5.41 Å². The molecule has 5 heteroatoms. The van der Waals surface area contributed by atoms with E-state index in [1.54, 1.807) is 20.8 Å². The van der Waals surface area contributed by atoms with Crippen LogP contribution >= 0.6 is 0 Å². The van der Waals surface area contributed by atoms with Crippen LogP contribution in [0.15, 0.2) is 18.2 Å². The predicted octanol–water partition coefficient (Wildman–Crippen LogP) is 3.97. The molecule has 134 valence electrons. The summed E-state index contributed by atoms with van der Waals surface area (Å²) >= 11 is 0. The molecule has 0 aliphatic heterocycles. The van der Waals surface area contributed by atoms with E-state index in [4.69, 9.17) is 4.84 Å². The molecule has 0 bridgehead atoms. The Morgan fingerprint density at radius 3 is 1.96 bits per heavy atom. The van der Waals surface area contributed by atoms with Gasteiger partial charge in [0.25, 0.3) is 5.91 Å². The Balaban J connectivity index is 2.78. The van der Waals surface area contributed by atoms with Crippen LogP contribution in [0.5, 0.6) is 0 Å². The average molecular weight is 334 g/mol. The van der Waals surface area contributed by atoms with Crippen LogP contribution in [-0.4, -0.2) is 18.4 Å². The second kappa shape index (κ2) is 8.29. The highest BCUT2D eigenvalue weighted by molar-refractivity contribution is 5.93. The van der Waals surface area contributed by atoms with Crippen molar-refractivity contribution in [2.75, 3.05) is 11.9 Å². The summed E-state index contributed by atoms with van der Waals surface area (Å²) in [5.74, 6) is 0.0287. The van der Waals surface area contributed by atoms with Crippen LogP contribution in [0.2, 0.25) is 0 Å². The molecule has 5 nitrogen and oxygen atoms in total. The number of hydroxylamine groups is 1. The van der Waals surface area contributed by atoms with Crippen molar-refractivity contribution in [1.29, 1.82) is 0 Å². The van der Waals surface area contributed by atoms with Gasteiger partial charge < -0.3 is 5.32 Å². The van der Waals surface area contributed by atoms with Crippen molar-refractivity contribution < 1.29 is 14.4 Å². The van der Waals surface area contributed by atoms with Crippen LogP contribution in [0.25, 0.3) is 0 Å². The molecule has 0 atom stereocenters. The lowest BCUT2D eigenvalue weighted by molar-refractivity contribution is -0.144. The maximum Gasteiger partial charge on any atom is 0.253 e. The van der Waals surface area contributed by atoms with Crippen molar-refractivity contribution in [3.63, 3.8) is 0 Å². The van der Waals surface area contributed by atoms with Gasteiger partial charge in [0.1, 0.15) is 0 Å². The molecule has 1 aromatic rings. The summed E-state index contributed by atoms with van der Waals surface area (Å²) in [5.41, 5.74) is 4.78. The van der Waals surface area contributed by atoms with Crippen molar-refractivity contribution in [2.24, 2.45) is 5.41 Å². The fourth-order valence-electron chi connectivity index (χ4n) is 2.19. The van der Waals surface area contributed by atoms with Gasteiger partial charge in [-0.25, -0.2) is 5.48 Å². The Kier molecular flexibility index (Phi) is 6.96. The number of carbonyl (C=O) groups is 2. The number of carbonyl (C=O) groups excluding carboxylic acids is 2. The minimum Gasteiger partial charge on any atom is -0.323 e. The highest BCUT2D eigenvalue weighted by Gasteiger charge is 2.22. The zero-order valence-corrected chi connectivity index (χ0v) is 15.8. The molecular formula is C19H30N2O3. The molecule has 2 amide bonds. The summed E-state index contributed by atoms with van der Waals surface area (Å²) in [5, 5.41) is 2.94. The second-order valence-corrected chi connectivity index (χ2v) is 7.64. The van der Waals surface area contributed by atoms with Crippen LogP contribution in [0, 0.1) is 5.41 Å². The van der Waals surface area contributed by atoms with E-state index in [-0.39, 0.29) is 18.4 Å². The normalized spacial score (nSPS) is 11.7. The molecule has 0 spiro atoms. The lowest BCUT2D eigenvalue weighted by atomic mass is 9.92. The Morgan fingerprint density at radius 1 is 1.04 bits per heavy atom. The fourth-order valence-corrected chi connectivity index (χ4v) is 2.19. The maximum absolute atomic E-state index is 12.2. The third kappa shape index (κ3) is 5.64. The molecule has 0 aliphatic carbocycles. The van der Waals surface area contributed by atoms with Crippen molar-refractivity contribution in [3.05, 3.63) is 29.3 Å². The van der Waals surface area contributed by atoms with E-state index in [1.165, 1.54) is 0 Å². The summed E-state index contributed by atoms with van der Waals surface area (Å²) < 4.78 is 0. The number of hydrogen-bond acceptors (Lipinski definition) is 3. The first kappa shape index (κ1) is 20.2. The molecule has 1 rings (SSSR count). The zero-order chi connectivity index (χ0) is 18.5. The van der Waals surface area contributed by atoms with Crippen LogP contribution in [0.3, 0.4) is 0 Å². The highest BCUT2D eigenvalue weighted by atomic mass is 16.7. The molecule has 2 N–H and O–H groups in total. The molecule has 0 saturated heterocycles. The summed E-state index contributed by atoms with van der Waals surface area (Å²) in [6, 6.07) is 6.06. The minimum absolute atomic E-state index is 0.230. The van der Waals surface area contributed by atoms with E-state index in [0.717, 1.165) is 16.8 Å². The Hall–Kier alpha value is -1.88. The number of benzene rings is 1. The van der Waals surface area contributed by atoms with E-state index in [9.17, 15) is 9.59 Å². The average Bonchev–Trinajstić information content (AvgIpc) is 2.45. The van der Waals surface area contributed by atoms with E-state index >= 15 is 0 Å². The lowest BCUT2D eigenvalue weighted by Gasteiger charge is -2.20. The SMILES string of the molecule is CC(C)c1cccc(C(C)C)c1NC(=O)CONC(=O)C(C)(C)C. The second-order valence-electron chi connectivity index (χ2n) is 7.64. The van der Waals surface area contributed by atoms with Crippen LogP contribution in [0.4, 0.5) is 5.69 Å². The lowest BCUT2D eigenvalue weighted by Crippen LogP contribution is -2.36. The van der Waals surface area contributed by atoms with Crippen LogP contribution in [-0.2, 0) is 14.4 Å². The molecule has 0 saturated carbocycles. The largest absolute Gasteiger partial charge is 0.323 e. The van der Waals surface area contributed by atoms with E-state index in [2.05, 4.69) is 38.5 Å². The Labute approximate surface area is 145 Å². The van der Waals surface area contributed by atoms with Gasteiger partial charge in [-0.05, 0) is 23.0 Å². The van der Waals surface area contributed by atoms with Gasteiger partial charge in [0, 0.05) is 11.1 Å². The van der Waals surface area contributed by atoms with Crippen LogP contribution in [0.1, 0.15) is 71.4 Å².